The minimum Gasteiger partial charge on any atom is -0.388 e. The van der Waals surface area contributed by atoms with Crippen molar-refractivity contribution in [2.45, 2.75) is 94.7 Å². The smallest absolute Gasteiger partial charge is 0.116 e. The van der Waals surface area contributed by atoms with Crippen LogP contribution in [0, 0.1) is 11.3 Å². The van der Waals surface area contributed by atoms with Crippen LogP contribution in [0.15, 0.2) is 35.9 Å². The van der Waals surface area contributed by atoms with Gasteiger partial charge in [0.05, 0.1) is 17.3 Å². The van der Waals surface area contributed by atoms with Gasteiger partial charge in [-0.1, -0.05) is 32.0 Å². The fourth-order valence-electron chi connectivity index (χ4n) is 7.99. The molecule has 0 bridgehead atoms. The van der Waals surface area contributed by atoms with Gasteiger partial charge in [0.2, 0.25) is 0 Å². The largest absolute Gasteiger partial charge is 0.388 e. The number of hydrogen-bond donors (Lipinski definition) is 4. The molecule has 6 rings (SSSR count). The van der Waals surface area contributed by atoms with Crippen LogP contribution in [0.2, 0.25) is 0 Å². The molecule has 5 nitrogen and oxygen atoms in total. The van der Waals surface area contributed by atoms with Crippen molar-refractivity contribution in [2.75, 3.05) is 0 Å². The molecule has 0 spiro atoms. The SMILES string of the molecule is CC(C)(O)C1OC2CC[C@@]3(C)[C@@](O)(CCC4Cc5c([nH]c6ccccc56)[C@@]43C)C2=C[C@@H]1O. The van der Waals surface area contributed by atoms with E-state index in [-0.39, 0.29) is 16.9 Å². The van der Waals surface area contributed by atoms with Gasteiger partial charge in [-0.05, 0) is 75.1 Å². The number of aromatic nitrogens is 1. The van der Waals surface area contributed by atoms with Crippen LogP contribution in [-0.4, -0.2) is 49.8 Å². The highest BCUT2D eigenvalue weighted by Gasteiger charge is 2.70. The third-order valence-electron chi connectivity index (χ3n) is 9.91. The van der Waals surface area contributed by atoms with Crippen LogP contribution in [0.4, 0.5) is 0 Å². The lowest BCUT2D eigenvalue weighted by atomic mass is 9.42. The van der Waals surface area contributed by atoms with Crippen LogP contribution in [0.3, 0.4) is 0 Å². The highest BCUT2D eigenvalue weighted by Crippen LogP contribution is 2.69. The first-order valence-electron chi connectivity index (χ1n) is 12.1. The number of H-pyrrole nitrogens is 1. The average Bonchev–Trinajstić information content (AvgIpc) is 3.24. The Hall–Kier alpha value is -1.66. The molecule has 0 saturated heterocycles. The first-order valence-corrected chi connectivity index (χ1v) is 12.1. The molecular weight excluding hydrogens is 402 g/mol. The van der Waals surface area contributed by atoms with Gasteiger partial charge < -0.3 is 25.0 Å². The lowest BCUT2D eigenvalue weighted by molar-refractivity contribution is -0.209. The first kappa shape index (κ1) is 20.9. The molecular formula is C27H35NO4. The summed E-state index contributed by atoms with van der Waals surface area (Å²) in [5, 5.41) is 35.1. The van der Waals surface area contributed by atoms with Crippen molar-refractivity contribution < 1.29 is 20.1 Å². The molecule has 0 radical (unpaired) electrons. The number of hydrogen-bond acceptors (Lipinski definition) is 4. The number of fused-ring (bicyclic) bond motifs is 9. The molecule has 7 atom stereocenters. The molecule has 5 heteroatoms. The predicted molar refractivity (Wildman–Crippen MR) is 123 cm³/mol. The van der Waals surface area contributed by atoms with Crippen molar-refractivity contribution in [3.8, 4) is 0 Å². The van der Waals surface area contributed by atoms with Crippen molar-refractivity contribution in [3.05, 3.63) is 47.2 Å². The molecule has 1 aromatic heterocycles. The quantitative estimate of drug-likeness (QED) is 0.512. The summed E-state index contributed by atoms with van der Waals surface area (Å²) < 4.78 is 6.25. The number of aliphatic hydroxyl groups is 3. The molecule has 3 unspecified atom stereocenters. The van der Waals surface area contributed by atoms with Gasteiger partial charge >= 0.3 is 0 Å². The Balaban J connectivity index is 1.49. The lowest BCUT2D eigenvalue weighted by Crippen LogP contribution is -2.68. The van der Waals surface area contributed by atoms with Crippen LogP contribution in [0.1, 0.15) is 64.6 Å². The number of ether oxygens (including phenoxy) is 1. The summed E-state index contributed by atoms with van der Waals surface area (Å²) in [4.78, 5) is 3.75. The number of aliphatic hydroxyl groups excluding tert-OH is 1. The second-order valence-corrected chi connectivity index (χ2v) is 11.7. The van der Waals surface area contributed by atoms with E-state index in [4.69, 9.17) is 4.74 Å². The van der Waals surface area contributed by atoms with E-state index in [1.54, 1.807) is 19.9 Å². The highest BCUT2D eigenvalue weighted by atomic mass is 16.5. The van der Waals surface area contributed by atoms with Crippen LogP contribution in [-0.2, 0) is 16.6 Å². The molecule has 172 valence electrons. The van der Waals surface area contributed by atoms with Crippen LogP contribution < -0.4 is 0 Å². The summed E-state index contributed by atoms with van der Waals surface area (Å²) in [6, 6.07) is 8.53. The summed E-state index contributed by atoms with van der Waals surface area (Å²) in [5.41, 5.74) is 1.91. The molecule has 1 aliphatic heterocycles. The van der Waals surface area contributed by atoms with Gasteiger partial charge in [-0.3, -0.25) is 0 Å². The summed E-state index contributed by atoms with van der Waals surface area (Å²) in [5.74, 6) is 0.481. The molecule has 32 heavy (non-hydrogen) atoms. The predicted octanol–water partition coefficient (Wildman–Crippen LogP) is 3.75. The number of benzene rings is 1. The van der Waals surface area contributed by atoms with Crippen molar-refractivity contribution >= 4 is 10.9 Å². The Morgan fingerprint density at radius 3 is 2.62 bits per heavy atom. The van der Waals surface area contributed by atoms with Crippen molar-refractivity contribution in [1.82, 2.24) is 4.98 Å². The van der Waals surface area contributed by atoms with E-state index >= 15 is 0 Å². The monoisotopic (exact) mass is 437 g/mol. The zero-order chi connectivity index (χ0) is 22.7. The van der Waals surface area contributed by atoms with E-state index in [2.05, 4.69) is 43.1 Å². The molecule has 2 fully saturated rings. The maximum absolute atomic E-state index is 12.4. The van der Waals surface area contributed by atoms with Gasteiger partial charge in [-0.2, -0.15) is 0 Å². The Labute approximate surface area is 189 Å². The zero-order valence-electron chi connectivity index (χ0n) is 19.5. The van der Waals surface area contributed by atoms with Crippen molar-refractivity contribution in [1.29, 1.82) is 0 Å². The number of nitrogens with one attached hydrogen (secondary N) is 1. The Morgan fingerprint density at radius 2 is 1.88 bits per heavy atom. The topological polar surface area (TPSA) is 85.7 Å². The second kappa shape index (κ2) is 6.26. The van der Waals surface area contributed by atoms with Gasteiger partial charge in [0, 0.05) is 27.4 Å². The molecule has 0 amide bonds. The Kier molecular flexibility index (Phi) is 4.09. The molecule has 4 aliphatic rings. The van der Waals surface area contributed by atoms with E-state index in [0.717, 1.165) is 31.3 Å². The van der Waals surface area contributed by atoms with Gasteiger partial charge in [-0.25, -0.2) is 0 Å². The number of aromatic amines is 1. The first-order chi connectivity index (χ1) is 15.0. The highest BCUT2D eigenvalue weighted by molar-refractivity contribution is 5.86. The standard InChI is InChI=1S/C27H35NO4/c1-24(2,30)23-20(29)14-18-21(32-23)10-11-25(3)26(4)15(9-12-27(18,25)31)13-17-16-7-5-6-8-19(16)28-22(17)26/h5-8,14-15,20-21,23,28-31H,9-13H2,1-4H3/t15?,20-,21?,23?,25+,26+,27+/m0/s1. The van der Waals surface area contributed by atoms with Gasteiger partial charge in [0.1, 0.15) is 12.2 Å². The molecule has 3 aliphatic carbocycles. The molecule has 1 aromatic carbocycles. The molecule has 2 saturated carbocycles. The van der Waals surface area contributed by atoms with Gasteiger partial charge in [0.15, 0.2) is 0 Å². The summed E-state index contributed by atoms with van der Waals surface area (Å²) in [6.45, 7) is 7.95. The summed E-state index contributed by atoms with van der Waals surface area (Å²) in [6.07, 6.45) is 4.18. The summed E-state index contributed by atoms with van der Waals surface area (Å²) >= 11 is 0. The number of rotatable bonds is 1. The number of para-hydroxylation sites is 1. The Bertz CT molecular complexity index is 1130. The zero-order valence-corrected chi connectivity index (χ0v) is 19.5. The van der Waals surface area contributed by atoms with E-state index in [9.17, 15) is 15.3 Å². The molecule has 2 aromatic rings. The van der Waals surface area contributed by atoms with E-state index in [0.29, 0.717) is 12.3 Å². The molecule has 4 N–H and O–H groups in total. The fourth-order valence-corrected chi connectivity index (χ4v) is 7.99. The minimum absolute atomic E-state index is 0.196. The van der Waals surface area contributed by atoms with Crippen LogP contribution in [0.5, 0.6) is 0 Å². The van der Waals surface area contributed by atoms with Crippen LogP contribution >= 0.6 is 0 Å². The third kappa shape index (κ3) is 2.33. The maximum atomic E-state index is 12.4. The lowest BCUT2D eigenvalue weighted by Gasteiger charge is -2.65. The normalized spacial score (nSPS) is 43.3. The van der Waals surface area contributed by atoms with Gasteiger partial charge in [0.25, 0.3) is 0 Å². The molecule has 2 heterocycles. The van der Waals surface area contributed by atoms with E-state index in [1.165, 1.54) is 22.2 Å². The van der Waals surface area contributed by atoms with E-state index in [1.807, 2.05) is 0 Å². The summed E-state index contributed by atoms with van der Waals surface area (Å²) in [7, 11) is 0. The van der Waals surface area contributed by atoms with E-state index < -0.39 is 23.4 Å². The van der Waals surface area contributed by atoms with Crippen molar-refractivity contribution in [2.24, 2.45) is 11.3 Å². The minimum atomic E-state index is -1.15. The van der Waals surface area contributed by atoms with Crippen LogP contribution in [0.25, 0.3) is 10.9 Å². The fraction of sp³-hybridized carbons (Fsp3) is 0.630. The third-order valence-corrected chi connectivity index (χ3v) is 9.91. The van der Waals surface area contributed by atoms with Crippen molar-refractivity contribution in [3.63, 3.8) is 0 Å². The average molecular weight is 438 g/mol. The van der Waals surface area contributed by atoms with Gasteiger partial charge in [-0.15, -0.1) is 0 Å². The second-order valence-electron chi connectivity index (χ2n) is 11.7. The maximum Gasteiger partial charge on any atom is 0.116 e. The Morgan fingerprint density at radius 1 is 1.12 bits per heavy atom.